The lowest BCUT2D eigenvalue weighted by Crippen LogP contribution is -2.57. The van der Waals surface area contributed by atoms with Gasteiger partial charge in [-0.3, -0.25) is 4.79 Å². The molecule has 0 heterocycles. The van der Waals surface area contributed by atoms with Crippen LogP contribution in [0.2, 0.25) is 0 Å². The standard InChI is InChI=1S/C14H26N2O3/c1-4-13(2,3)15-12(19)16-14(10-11(17)18)8-6-5-7-9-14/h4-10H2,1-3H3,(H,17,18)(H2,15,16,19). The van der Waals surface area contributed by atoms with Crippen molar-refractivity contribution in [3.05, 3.63) is 0 Å². The van der Waals surface area contributed by atoms with E-state index in [9.17, 15) is 9.59 Å². The first-order valence-corrected chi connectivity index (χ1v) is 7.11. The van der Waals surface area contributed by atoms with E-state index in [2.05, 4.69) is 10.6 Å². The van der Waals surface area contributed by atoms with Crippen molar-refractivity contribution in [3.63, 3.8) is 0 Å². The molecule has 3 N–H and O–H groups in total. The van der Waals surface area contributed by atoms with Crippen molar-refractivity contribution in [1.29, 1.82) is 0 Å². The van der Waals surface area contributed by atoms with E-state index in [0.29, 0.717) is 0 Å². The number of nitrogens with one attached hydrogen (secondary N) is 2. The van der Waals surface area contributed by atoms with Crippen molar-refractivity contribution >= 4 is 12.0 Å². The highest BCUT2D eigenvalue weighted by Gasteiger charge is 2.36. The molecule has 0 atom stereocenters. The normalized spacial score (nSPS) is 18.7. The number of urea groups is 1. The summed E-state index contributed by atoms with van der Waals surface area (Å²) in [6.45, 7) is 5.92. The minimum Gasteiger partial charge on any atom is -0.481 e. The lowest BCUT2D eigenvalue weighted by Gasteiger charge is -2.38. The lowest BCUT2D eigenvalue weighted by molar-refractivity contribution is -0.139. The van der Waals surface area contributed by atoms with Crippen molar-refractivity contribution < 1.29 is 14.7 Å². The van der Waals surface area contributed by atoms with Crippen LogP contribution in [-0.2, 0) is 4.79 Å². The van der Waals surface area contributed by atoms with E-state index in [4.69, 9.17) is 5.11 Å². The molecule has 110 valence electrons. The summed E-state index contributed by atoms with van der Waals surface area (Å²) in [7, 11) is 0. The summed E-state index contributed by atoms with van der Waals surface area (Å²) in [6.07, 6.45) is 5.40. The molecule has 1 fully saturated rings. The van der Waals surface area contributed by atoms with Gasteiger partial charge in [0.2, 0.25) is 0 Å². The molecule has 2 amide bonds. The van der Waals surface area contributed by atoms with Gasteiger partial charge in [0, 0.05) is 5.54 Å². The minimum absolute atomic E-state index is 0.00692. The third kappa shape index (κ3) is 5.09. The average Bonchev–Trinajstić information content (AvgIpc) is 2.27. The molecule has 19 heavy (non-hydrogen) atoms. The Morgan fingerprint density at radius 3 is 2.26 bits per heavy atom. The first-order valence-electron chi connectivity index (χ1n) is 7.11. The van der Waals surface area contributed by atoms with Crippen LogP contribution < -0.4 is 10.6 Å². The summed E-state index contributed by atoms with van der Waals surface area (Å²) in [6, 6.07) is -0.255. The maximum absolute atomic E-state index is 12.1. The zero-order valence-corrected chi connectivity index (χ0v) is 12.2. The molecule has 5 nitrogen and oxygen atoms in total. The zero-order valence-electron chi connectivity index (χ0n) is 12.2. The molecule has 0 aromatic heterocycles. The van der Waals surface area contributed by atoms with Crippen molar-refractivity contribution in [2.45, 2.75) is 76.8 Å². The lowest BCUT2D eigenvalue weighted by atomic mass is 9.79. The molecule has 0 aromatic rings. The maximum Gasteiger partial charge on any atom is 0.315 e. The summed E-state index contributed by atoms with van der Waals surface area (Å²) in [5.41, 5.74) is -0.846. The molecule has 0 aliphatic heterocycles. The summed E-state index contributed by atoms with van der Waals surface area (Å²) >= 11 is 0. The second-order valence-corrected chi connectivity index (χ2v) is 6.23. The highest BCUT2D eigenvalue weighted by Crippen LogP contribution is 2.31. The quantitative estimate of drug-likeness (QED) is 0.718. The number of rotatable bonds is 5. The molecular weight excluding hydrogens is 244 g/mol. The van der Waals surface area contributed by atoms with Crippen molar-refractivity contribution in [1.82, 2.24) is 10.6 Å². The van der Waals surface area contributed by atoms with E-state index in [1.54, 1.807) is 0 Å². The minimum atomic E-state index is -0.850. The summed E-state index contributed by atoms with van der Waals surface area (Å²) in [5.74, 6) is -0.850. The van der Waals surface area contributed by atoms with Gasteiger partial charge in [-0.15, -0.1) is 0 Å². The van der Waals surface area contributed by atoms with Gasteiger partial charge < -0.3 is 15.7 Å². The molecule has 0 unspecified atom stereocenters. The first kappa shape index (κ1) is 15.8. The molecule has 1 aliphatic carbocycles. The van der Waals surface area contributed by atoms with Crippen molar-refractivity contribution in [2.75, 3.05) is 0 Å². The van der Waals surface area contributed by atoms with E-state index < -0.39 is 11.5 Å². The van der Waals surface area contributed by atoms with Gasteiger partial charge in [-0.05, 0) is 33.1 Å². The molecule has 0 saturated heterocycles. The van der Waals surface area contributed by atoms with Crippen LogP contribution in [0.1, 0.15) is 65.7 Å². The molecule has 0 spiro atoms. The smallest absolute Gasteiger partial charge is 0.315 e. The molecule has 1 aliphatic rings. The monoisotopic (exact) mass is 270 g/mol. The fourth-order valence-electron chi connectivity index (χ4n) is 2.53. The Kier molecular flexibility index (Phi) is 5.20. The highest BCUT2D eigenvalue weighted by molar-refractivity contribution is 5.77. The number of carbonyl (C=O) groups is 2. The molecule has 0 radical (unpaired) electrons. The van der Waals surface area contributed by atoms with Gasteiger partial charge >= 0.3 is 12.0 Å². The number of amides is 2. The Morgan fingerprint density at radius 2 is 1.79 bits per heavy atom. The predicted octanol–water partition coefficient (Wildman–Crippen LogP) is 2.65. The summed E-state index contributed by atoms with van der Waals surface area (Å²) in [4.78, 5) is 23.1. The number of carboxylic acid groups (broad SMARTS) is 1. The number of aliphatic carboxylic acids is 1. The van der Waals surface area contributed by atoms with Crippen LogP contribution >= 0.6 is 0 Å². The zero-order chi connectivity index (χ0) is 14.5. The van der Waals surface area contributed by atoms with E-state index in [0.717, 1.165) is 38.5 Å². The second-order valence-electron chi connectivity index (χ2n) is 6.23. The van der Waals surface area contributed by atoms with Crippen LogP contribution in [-0.4, -0.2) is 28.2 Å². The Hall–Kier alpha value is -1.26. The summed E-state index contributed by atoms with van der Waals surface area (Å²) < 4.78 is 0. The molecule has 0 bridgehead atoms. The SMILES string of the molecule is CCC(C)(C)NC(=O)NC1(CC(=O)O)CCCCC1. The van der Waals surface area contributed by atoms with E-state index in [1.807, 2.05) is 20.8 Å². The number of carboxylic acids is 1. The van der Waals surface area contributed by atoms with Crippen LogP contribution in [0.4, 0.5) is 4.79 Å². The third-order valence-corrected chi connectivity index (χ3v) is 4.01. The summed E-state index contributed by atoms with van der Waals surface area (Å²) in [5, 5.41) is 14.9. The Bertz CT molecular complexity index is 334. The van der Waals surface area contributed by atoms with E-state index >= 15 is 0 Å². The van der Waals surface area contributed by atoms with Gasteiger partial charge in [-0.25, -0.2) is 4.79 Å². The number of hydrogen-bond donors (Lipinski definition) is 3. The van der Waals surface area contributed by atoms with Gasteiger partial charge in [0.05, 0.1) is 12.0 Å². The molecule has 5 heteroatoms. The number of hydrogen-bond acceptors (Lipinski definition) is 2. The van der Waals surface area contributed by atoms with Crippen LogP contribution in [0.15, 0.2) is 0 Å². The largest absolute Gasteiger partial charge is 0.481 e. The molecule has 1 rings (SSSR count). The van der Waals surface area contributed by atoms with Gasteiger partial charge in [0.25, 0.3) is 0 Å². The predicted molar refractivity (Wildman–Crippen MR) is 74.1 cm³/mol. The Labute approximate surface area is 115 Å². The number of carbonyl (C=O) groups excluding carboxylic acids is 1. The fraction of sp³-hybridized carbons (Fsp3) is 0.857. The van der Waals surface area contributed by atoms with Crippen molar-refractivity contribution in [2.24, 2.45) is 0 Å². The van der Waals surface area contributed by atoms with Crippen LogP contribution in [0, 0.1) is 0 Å². The van der Waals surface area contributed by atoms with Gasteiger partial charge in [-0.1, -0.05) is 26.2 Å². The van der Waals surface area contributed by atoms with E-state index in [-0.39, 0.29) is 18.0 Å². The van der Waals surface area contributed by atoms with Crippen LogP contribution in [0.5, 0.6) is 0 Å². The van der Waals surface area contributed by atoms with Crippen molar-refractivity contribution in [3.8, 4) is 0 Å². The van der Waals surface area contributed by atoms with E-state index in [1.165, 1.54) is 0 Å². The van der Waals surface area contributed by atoms with Gasteiger partial charge in [0.1, 0.15) is 0 Å². The first-order chi connectivity index (χ1) is 8.79. The van der Waals surface area contributed by atoms with Crippen LogP contribution in [0.3, 0.4) is 0 Å². The second kappa shape index (κ2) is 6.26. The third-order valence-electron chi connectivity index (χ3n) is 4.01. The highest BCUT2D eigenvalue weighted by atomic mass is 16.4. The topological polar surface area (TPSA) is 78.4 Å². The van der Waals surface area contributed by atoms with Gasteiger partial charge in [-0.2, -0.15) is 0 Å². The maximum atomic E-state index is 12.1. The Balaban J connectivity index is 2.67. The Morgan fingerprint density at radius 1 is 1.21 bits per heavy atom. The molecular formula is C14H26N2O3. The molecule has 0 aromatic carbocycles. The molecule has 1 saturated carbocycles. The average molecular weight is 270 g/mol. The van der Waals surface area contributed by atoms with Gasteiger partial charge in [0.15, 0.2) is 0 Å². The fourth-order valence-corrected chi connectivity index (χ4v) is 2.53. The van der Waals surface area contributed by atoms with Crippen LogP contribution in [0.25, 0.3) is 0 Å².